The molecule has 39 heavy (non-hydrogen) atoms. The molecule has 0 bridgehead atoms. The van der Waals surface area contributed by atoms with Gasteiger partial charge < -0.3 is 19.7 Å². The van der Waals surface area contributed by atoms with E-state index in [4.69, 9.17) is 21.1 Å². The van der Waals surface area contributed by atoms with E-state index in [9.17, 15) is 18.0 Å². The molecule has 2 aromatic rings. The highest BCUT2D eigenvalue weighted by molar-refractivity contribution is 7.92. The average Bonchev–Trinajstić information content (AvgIpc) is 2.85. The lowest BCUT2D eigenvalue weighted by Gasteiger charge is -2.33. The molecule has 9 nitrogen and oxygen atoms in total. The van der Waals surface area contributed by atoms with Crippen molar-refractivity contribution < 1.29 is 27.5 Å². The molecule has 0 fully saturated rings. The molecular formula is C28H38ClN3O6S. The Bertz CT molecular complexity index is 1260. The Labute approximate surface area is 236 Å². The Morgan fingerprint density at radius 1 is 1.05 bits per heavy atom. The zero-order chi connectivity index (χ0) is 28.8. The summed E-state index contributed by atoms with van der Waals surface area (Å²) in [6, 6.07) is 11.4. The molecule has 0 radical (unpaired) electrons. The number of amides is 2. The molecule has 1 aliphatic rings. The Kier molecular flexibility index (Phi) is 10.1. The van der Waals surface area contributed by atoms with Crippen molar-refractivity contribution in [3.8, 4) is 11.5 Å². The van der Waals surface area contributed by atoms with Crippen molar-refractivity contribution in [2.24, 2.45) is 0 Å². The van der Waals surface area contributed by atoms with Crippen LogP contribution in [0.3, 0.4) is 0 Å². The molecular weight excluding hydrogens is 542 g/mol. The number of anilines is 1. The molecule has 1 atom stereocenters. The highest BCUT2D eigenvalue weighted by Gasteiger charge is 2.31. The monoisotopic (exact) mass is 579 g/mol. The van der Waals surface area contributed by atoms with Crippen molar-refractivity contribution in [1.29, 1.82) is 0 Å². The molecule has 1 heterocycles. The second-order valence-electron chi connectivity index (χ2n) is 10.6. The largest absolute Gasteiger partial charge is 0.486 e. The van der Waals surface area contributed by atoms with Crippen molar-refractivity contribution in [3.05, 3.63) is 53.1 Å². The number of ether oxygens (including phenoxy) is 2. The highest BCUT2D eigenvalue weighted by Crippen LogP contribution is 2.34. The van der Waals surface area contributed by atoms with Crippen molar-refractivity contribution in [3.63, 3.8) is 0 Å². The lowest BCUT2D eigenvalue weighted by Crippen LogP contribution is -2.53. The maximum absolute atomic E-state index is 13.6. The predicted molar refractivity (Wildman–Crippen MR) is 153 cm³/mol. The fourth-order valence-electron chi connectivity index (χ4n) is 4.35. The van der Waals surface area contributed by atoms with Crippen molar-refractivity contribution in [2.45, 2.75) is 65.1 Å². The van der Waals surface area contributed by atoms with E-state index in [1.165, 1.54) is 4.31 Å². The van der Waals surface area contributed by atoms with E-state index in [0.717, 1.165) is 11.8 Å². The van der Waals surface area contributed by atoms with Crippen LogP contribution in [0.5, 0.6) is 11.5 Å². The van der Waals surface area contributed by atoms with Crippen LogP contribution in [-0.4, -0.2) is 62.7 Å². The molecule has 0 saturated carbocycles. The van der Waals surface area contributed by atoms with Gasteiger partial charge in [-0.1, -0.05) is 30.7 Å². The maximum Gasteiger partial charge on any atom is 0.243 e. The van der Waals surface area contributed by atoms with Crippen LogP contribution in [0.4, 0.5) is 5.69 Å². The van der Waals surface area contributed by atoms with Crippen LogP contribution >= 0.6 is 11.6 Å². The Balaban J connectivity index is 1.78. The summed E-state index contributed by atoms with van der Waals surface area (Å²) in [5.41, 5.74) is 0.811. The summed E-state index contributed by atoms with van der Waals surface area (Å²) in [4.78, 5) is 28.3. The van der Waals surface area contributed by atoms with Gasteiger partial charge in [0.25, 0.3) is 0 Å². The van der Waals surface area contributed by atoms with Crippen molar-refractivity contribution in [2.75, 3.05) is 30.3 Å². The van der Waals surface area contributed by atoms with Gasteiger partial charge in [-0.15, -0.1) is 0 Å². The number of benzene rings is 2. The fraction of sp³-hybridized carbons (Fsp3) is 0.500. The average molecular weight is 580 g/mol. The first-order chi connectivity index (χ1) is 18.3. The van der Waals surface area contributed by atoms with E-state index >= 15 is 0 Å². The number of halogens is 1. The third kappa shape index (κ3) is 8.76. The molecule has 1 N–H and O–H groups in total. The summed E-state index contributed by atoms with van der Waals surface area (Å²) in [5, 5.41) is 3.56. The van der Waals surface area contributed by atoms with Crippen LogP contribution in [0, 0.1) is 0 Å². The first-order valence-electron chi connectivity index (χ1n) is 13.0. The zero-order valence-electron chi connectivity index (χ0n) is 23.2. The van der Waals surface area contributed by atoms with E-state index in [-0.39, 0.29) is 37.7 Å². The molecule has 3 rings (SSSR count). The minimum absolute atomic E-state index is 0.0590. The Hall–Kier alpha value is -2.98. The summed E-state index contributed by atoms with van der Waals surface area (Å²) < 4.78 is 37.7. The van der Waals surface area contributed by atoms with Gasteiger partial charge in [-0.05, 0) is 63.4 Å². The van der Waals surface area contributed by atoms with Gasteiger partial charge >= 0.3 is 0 Å². The highest BCUT2D eigenvalue weighted by atomic mass is 35.5. The van der Waals surface area contributed by atoms with Crippen molar-refractivity contribution >= 4 is 39.1 Å². The summed E-state index contributed by atoms with van der Waals surface area (Å²) in [6.07, 6.45) is 1.87. The quantitative estimate of drug-likeness (QED) is 0.423. The third-order valence-corrected chi connectivity index (χ3v) is 7.56. The van der Waals surface area contributed by atoms with E-state index in [0.29, 0.717) is 41.8 Å². The Morgan fingerprint density at radius 2 is 1.69 bits per heavy atom. The zero-order valence-corrected chi connectivity index (χ0v) is 24.8. The molecule has 0 aliphatic carbocycles. The number of nitrogens with one attached hydrogen (secondary N) is 1. The van der Waals surface area contributed by atoms with Crippen LogP contribution < -0.4 is 19.1 Å². The smallest absolute Gasteiger partial charge is 0.243 e. The summed E-state index contributed by atoms with van der Waals surface area (Å²) >= 11 is 6.04. The molecule has 0 spiro atoms. The van der Waals surface area contributed by atoms with Gasteiger partial charge in [0.15, 0.2) is 11.5 Å². The summed E-state index contributed by atoms with van der Waals surface area (Å²) in [5.74, 6) is 0.566. The van der Waals surface area contributed by atoms with Gasteiger partial charge in [0.2, 0.25) is 21.8 Å². The number of hydrogen-bond acceptors (Lipinski definition) is 6. The fourth-order valence-corrected chi connectivity index (χ4v) is 5.43. The number of nitrogens with zero attached hydrogens (tertiary/aromatic N) is 2. The Morgan fingerprint density at radius 3 is 2.28 bits per heavy atom. The molecule has 2 aromatic carbocycles. The van der Waals surface area contributed by atoms with Crippen LogP contribution in [0.25, 0.3) is 0 Å². The molecule has 1 unspecified atom stereocenters. The summed E-state index contributed by atoms with van der Waals surface area (Å²) in [6.45, 7) is 8.66. The normalized spacial score (nSPS) is 13.9. The number of carbonyl (C=O) groups excluding carboxylic acids is 2. The minimum Gasteiger partial charge on any atom is -0.486 e. The van der Waals surface area contributed by atoms with Gasteiger partial charge in [0, 0.05) is 36.1 Å². The lowest BCUT2D eigenvalue weighted by molar-refractivity contribution is -0.142. The molecule has 0 saturated heterocycles. The standard InChI is InChI=1S/C28H38ClN3O6S/c1-6-23(27(34)30-28(2,3)4)31(19-20-9-11-21(29)12-10-20)26(33)8-7-15-32(39(5,35)36)22-13-14-24-25(18-22)38-17-16-37-24/h9-14,18,23H,6-8,15-17,19H2,1-5H3,(H,30,34). The summed E-state index contributed by atoms with van der Waals surface area (Å²) in [7, 11) is -3.63. The molecule has 1 aliphatic heterocycles. The van der Waals surface area contributed by atoms with E-state index < -0.39 is 21.6 Å². The van der Waals surface area contributed by atoms with E-state index in [2.05, 4.69) is 5.32 Å². The molecule has 2 amide bonds. The van der Waals surface area contributed by atoms with E-state index in [1.54, 1.807) is 35.2 Å². The van der Waals surface area contributed by atoms with Gasteiger partial charge in [-0.25, -0.2) is 8.42 Å². The number of carbonyl (C=O) groups is 2. The number of hydrogen-bond donors (Lipinski definition) is 1. The molecule has 0 aromatic heterocycles. The number of fused-ring (bicyclic) bond motifs is 1. The second-order valence-corrected chi connectivity index (χ2v) is 12.9. The van der Waals surface area contributed by atoms with Gasteiger partial charge in [0.05, 0.1) is 11.9 Å². The first kappa shape index (κ1) is 30.6. The van der Waals surface area contributed by atoms with E-state index in [1.807, 2.05) is 39.8 Å². The third-order valence-electron chi connectivity index (χ3n) is 6.12. The van der Waals surface area contributed by atoms with Crippen LogP contribution in [0.1, 0.15) is 52.5 Å². The maximum atomic E-state index is 13.6. The SMILES string of the molecule is CCC(C(=O)NC(C)(C)C)N(Cc1ccc(Cl)cc1)C(=O)CCCN(c1ccc2c(c1)OCCO2)S(C)(=O)=O. The van der Waals surface area contributed by atoms with Crippen LogP contribution in [0.15, 0.2) is 42.5 Å². The lowest BCUT2D eigenvalue weighted by atomic mass is 10.0. The van der Waals surface area contributed by atoms with Gasteiger partial charge in [0.1, 0.15) is 19.3 Å². The first-order valence-corrected chi connectivity index (χ1v) is 15.2. The molecule has 214 valence electrons. The minimum atomic E-state index is -3.63. The second kappa shape index (κ2) is 12.9. The predicted octanol–water partition coefficient (Wildman–Crippen LogP) is 4.38. The number of sulfonamides is 1. The van der Waals surface area contributed by atoms with Gasteiger partial charge in [-0.3, -0.25) is 13.9 Å². The number of rotatable bonds is 11. The van der Waals surface area contributed by atoms with Crippen LogP contribution in [-0.2, 0) is 26.2 Å². The van der Waals surface area contributed by atoms with Crippen molar-refractivity contribution in [1.82, 2.24) is 10.2 Å². The van der Waals surface area contributed by atoms with Gasteiger partial charge in [-0.2, -0.15) is 0 Å². The van der Waals surface area contributed by atoms with Crippen LogP contribution in [0.2, 0.25) is 5.02 Å². The topological polar surface area (TPSA) is 105 Å². The molecule has 11 heteroatoms.